The van der Waals surface area contributed by atoms with E-state index in [4.69, 9.17) is 27.9 Å². The maximum Gasteiger partial charge on any atom is 0.146 e. The van der Waals surface area contributed by atoms with E-state index in [1.807, 2.05) is 18.2 Å². The van der Waals surface area contributed by atoms with Gasteiger partial charge in [-0.25, -0.2) is 0 Å². The Morgan fingerprint density at radius 1 is 1.10 bits per heavy atom. The first-order chi connectivity index (χ1) is 9.60. The van der Waals surface area contributed by atoms with Crippen LogP contribution in [0.2, 0.25) is 10.0 Å². The summed E-state index contributed by atoms with van der Waals surface area (Å²) >= 11 is 15.6. The van der Waals surface area contributed by atoms with Crippen molar-refractivity contribution in [2.45, 2.75) is 13.5 Å². The molecule has 1 N–H and O–H groups in total. The molecule has 2 aromatic carbocycles. The standard InChI is InChI=1S/C15H14BrCl2NO/c1-2-19-9-10-3-5-15(13(18)7-10)20-14-6-4-11(17)8-12(14)16/h3-8,19H,2,9H2,1H3. The summed E-state index contributed by atoms with van der Waals surface area (Å²) in [5.74, 6) is 1.30. The van der Waals surface area contributed by atoms with Crippen LogP contribution in [0.15, 0.2) is 40.9 Å². The first-order valence-corrected chi connectivity index (χ1v) is 7.77. The lowest BCUT2D eigenvalue weighted by Crippen LogP contribution is -2.11. The number of hydrogen-bond acceptors (Lipinski definition) is 2. The molecular formula is C15H14BrCl2NO. The van der Waals surface area contributed by atoms with Gasteiger partial charge in [0, 0.05) is 11.6 Å². The third kappa shape index (κ3) is 4.13. The van der Waals surface area contributed by atoms with Crippen LogP contribution in [0.25, 0.3) is 0 Å². The minimum atomic E-state index is 0.585. The summed E-state index contributed by atoms with van der Waals surface area (Å²) in [5, 5.41) is 4.49. The molecule has 0 fully saturated rings. The summed E-state index contributed by atoms with van der Waals surface area (Å²) in [5.41, 5.74) is 1.12. The maximum atomic E-state index is 6.25. The van der Waals surface area contributed by atoms with E-state index in [1.165, 1.54) is 0 Å². The van der Waals surface area contributed by atoms with Gasteiger partial charge in [-0.15, -0.1) is 0 Å². The van der Waals surface area contributed by atoms with E-state index in [1.54, 1.807) is 18.2 Å². The lowest BCUT2D eigenvalue weighted by Gasteiger charge is -2.11. The van der Waals surface area contributed by atoms with Gasteiger partial charge in [0.05, 0.1) is 9.50 Å². The first kappa shape index (κ1) is 15.6. The average Bonchev–Trinajstić information content (AvgIpc) is 2.42. The molecule has 0 spiro atoms. The van der Waals surface area contributed by atoms with Crippen LogP contribution in [-0.2, 0) is 6.54 Å². The number of halogens is 3. The molecule has 2 rings (SSSR count). The molecule has 0 aliphatic heterocycles. The number of ether oxygens (including phenoxy) is 1. The molecule has 0 saturated heterocycles. The van der Waals surface area contributed by atoms with E-state index in [0.717, 1.165) is 23.1 Å². The molecule has 0 saturated carbocycles. The SMILES string of the molecule is CCNCc1ccc(Oc2ccc(Cl)cc2Br)c(Cl)c1. The van der Waals surface area contributed by atoms with Crippen LogP contribution in [0.4, 0.5) is 0 Å². The zero-order chi connectivity index (χ0) is 14.5. The molecule has 2 aromatic rings. The minimum Gasteiger partial charge on any atom is -0.455 e. The Labute approximate surface area is 137 Å². The van der Waals surface area contributed by atoms with Gasteiger partial charge < -0.3 is 10.1 Å². The zero-order valence-corrected chi connectivity index (χ0v) is 14.0. The zero-order valence-electron chi connectivity index (χ0n) is 10.9. The lowest BCUT2D eigenvalue weighted by molar-refractivity contribution is 0.479. The molecule has 0 atom stereocenters. The van der Waals surface area contributed by atoms with Gasteiger partial charge in [0.2, 0.25) is 0 Å². The number of rotatable bonds is 5. The fraction of sp³-hybridized carbons (Fsp3) is 0.200. The third-order valence-electron chi connectivity index (χ3n) is 2.69. The Balaban J connectivity index is 2.17. The minimum absolute atomic E-state index is 0.585. The highest BCUT2D eigenvalue weighted by molar-refractivity contribution is 9.10. The number of nitrogens with one attached hydrogen (secondary N) is 1. The molecule has 0 aliphatic rings. The van der Waals surface area contributed by atoms with E-state index in [2.05, 4.69) is 28.2 Å². The Morgan fingerprint density at radius 3 is 2.50 bits per heavy atom. The van der Waals surface area contributed by atoms with Crippen molar-refractivity contribution in [3.63, 3.8) is 0 Å². The maximum absolute atomic E-state index is 6.25. The second-order valence-corrected chi connectivity index (χ2v) is 5.92. The van der Waals surface area contributed by atoms with Crippen LogP contribution in [0.5, 0.6) is 11.5 Å². The van der Waals surface area contributed by atoms with Crippen molar-refractivity contribution in [3.8, 4) is 11.5 Å². The fourth-order valence-corrected chi connectivity index (χ4v) is 2.69. The Kier molecular flexibility index (Phi) is 5.73. The molecule has 0 radical (unpaired) electrons. The van der Waals surface area contributed by atoms with E-state index in [9.17, 15) is 0 Å². The van der Waals surface area contributed by atoms with E-state index >= 15 is 0 Å². The monoisotopic (exact) mass is 373 g/mol. The van der Waals surface area contributed by atoms with Crippen molar-refractivity contribution in [1.82, 2.24) is 5.32 Å². The Morgan fingerprint density at radius 2 is 1.85 bits per heavy atom. The molecule has 2 nitrogen and oxygen atoms in total. The highest BCUT2D eigenvalue weighted by Crippen LogP contribution is 2.35. The van der Waals surface area contributed by atoms with Gasteiger partial charge >= 0.3 is 0 Å². The molecule has 20 heavy (non-hydrogen) atoms. The van der Waals surface area contributed by atoms with Crippen LogP contribution in [0.3, 0.4) is 0 Å². The van der Waals surface area contributed by atoms with E-state index < -0.39 is 0 Å². The van der Waals surface area contributed by atoms with Gasteiger partial charge in [-0.1, -0.05) is 36.2 Å². The van der Waals surface area contributed by atoms with Gasteiger partial charge in [0.25, 0.3) is 0 Å². The summed E-state index contributed by atoms with van der Waals surface area (Å²) < 4.78 is 6.59. The highest BCUT2D eigenvalue weighted by atomic mass is 79.9. The topological polar surface area (TPSA) is 21.3 Å². The van der Waals surface area contributed by atoms with Crippen LogP contribution in [0.1, 0.15) is 12.5 Å². The van der Waals surface area contributed by atoms with Gasteiger partial charge in [-0.05, 0) is 58.4 Å². The lowest BCUT2D eigenvalue weighted by atomic mass is 10.2. The van der Waals surface area contributed by atoms with Crippen molar-refractivity contribution >= 4 is 39.1 Å². The van der Waals surface area contributed by atoms with Crippen LogP contribution < -0.4 is 10.1 Å². The summed E-state index contributed by atoms with van der Waals surface area (Å²) in [6, 6.07) is 11.1. The van der Waals surface area contributed by atoms with Crippen LogP contribution >= 0.6 is 39.1 Å². The molecule has 5 heteroatoms. The van der Waals surface area contributed by atoms with Gasteiger partial charge in [0.1, 0.15) is 11.5 Å². The van der Waals surface area contributed by atoms with Crippen molar-refractivity contribution in [1.29, 1.82) is 0 Å². The summed E-state index contributed by atoms with van der Waals surface area (Å²) in [6.07, 6.45) is 0. The van der Waals surface area contributed by atoms with Crippen LogP contribution in [0, 0.1) is 0 Å². The second kappa shape index (κ2) is 7.32. The van der Waals surface area contributed by atoms with E-state index in [0.29, 0.717) is 21.5 Å². The molecule has 0 unspecified atom stereocenters. The summed E-state index contributed by atoms with van der Waals surface area (Å²) in [7, 11) is 0. The van der Waals surface area contributed by atoms with Crippen molar-refractivity contribution in [2.24, 2.45) is 0 Å². The largest absolute Gasteiger partial charge is 0.455 e. The first-order valence-electron chi connectivity index (χ1n) is 6.22. The summed E-state index contributed by atoms with van der Waals surface area (Å²) in [4.78, 5) is 0. The van der Waals surface area contributed by atoms with E-state index in [-0.39, 0.29) is 0 Å². The van der Waals surface area contributed by atoms with Crippen molar-refractivity contribution in [2.75, 3.05) is 6.54 Å². The molecule has 0 bridgehead atoms. The Bertz CT molecular complexity index is 604. The van der Waals surface area contributed by atoms with Crippen molar-refractivity contribution in [3.05, 3.63) is 56.5 Å². The number of benzene rings is 2. The third-order valence-corrected chi connectivity index (χ3v) is 3.84. The van der Waals surface area contributed by atoms with Gasteiger partial charge in [0.15, 0.2) is 0 Å². The second-order valence-electron chi connectivity index (χ2n) is 4.22. The van der Waals surface area contributed by atoms with Gasteiger partial charge in [-0.3, -0.25) is 0 Å². The van der Waals surface area contributed by atoms with Crippen LogP contribution in [-0.4, -0.2) is 6.54 Å². The highest BCUT2D eigenvalue weighted by Gasteiger charge is 2.07. The molecule has 0 heterocycles. The molecular weight excluding hydrogens is 361 g/mol. The molecule has 0 aromatic heterocycles. The quantitative estimate of drug-likeness (QED) is 0.729. The molecule has 0 amide bonds. The number of hydrogen-bond donors (Lipinski definition) is 1. The smallest absolute Gasteiger partial charge is 0.146 e. The predicted octanol–water partition coefficient (Wildman–Crippen LogP) is 5.66. The normalized spacial score (nSPS) is 10.6. The van der Waals surface area contributed by atoms with Crippen molar-refractivity contribution < 1.29 is 4.74 Å². The fourth-order valence-electron chi connectivity index (χ4n) is 1.68. The Hall–Kier alpha value is -0.740. The van der Waals surface area contributed by atoms with Gasteiger partial charge in [-0.2, -0.15) is 0 Å². The molecule has 106 valence electrons. The molecule has 0 aliphatic carbocycles. The predicted molar refractivity (Wildman–Crippen MR) is 88.1 cm³/mol. The average molecular weight is 375 g/mol. The summed E-state index contributed by atoms with van der Waals surface area (Å²) in [6.45, 7) is 3.78.